The number of carbonyl (C=O) groups excluding carboxylic acids is 3. The van der Waals surface area contributed by atoms with Crippen LogP contribution in [0.3, 0.4) is 0 Å². The van der Waals surface area contributed by atoms with Crippen molar-refractivity contribution in [2.75, 3.05) is 13.3 Å². The first-order chi connectivity index (χ1) is 12.0. The number of hydrogen-bond acceptors (Lipinski definition) is 6. The molecule has 2 aromatic rings. The molecule has 1 aromatic carbocycles. The second-order valence-electron chi connectivity index (χ2n) is 5.14. The summed E-state index contributed by atoms with van der Waals surface area (Å²) in [6, 6.07) is 6.19. The van der Waals surface area contributed by atoms with Gasteiger partial charge in [0.2, 0.25) is 6.79 Å². The van der Waals surface area contributed by atoms with Crippen LogP contribution in [-0.4, -0.2) is 31.1 Å². The van der Waals surface area contributed by atoms with E-state index in [-0.39, 0.29) is 13.3 Å². The van der Waals surface area contributed by atoms with Crippen molar-refractivity contribution >= 4 is 17.7 Å². The van der Waals surface area contributed by atoms with E-state index in [0.717, 1.165) is 0 Å². The third kappa shape index (κ3) is 3.71. The van der Waals surface area contributed by atoms with Crippen molar-refractivity contribution in [3.63, 3.8) is 0 Å². The highest BCUT2D eigenvalue weighted by Gasteiger charge is 2.17. The third-order valence-electron chi connectivity index (χ3n) is 3.46. The number of benzene rings is 1. The molecule has 1 aliphatic rings. The van der Waals surface area contributed by atoms with Gasteiger partial charge in [0, 0.05) is 5.56 Å². The van der Waals surface area contributed by atoms with Gasteiger partial charge in [0.25, 0.3) is 17.7 Å². The van der Waals surface area contributed by atoms with Crippen molar-refractivity contribution in [1.29, 1.82) is 0 Å². The van der Waals surface area contributed by atoms with Gasteiger partial charge in [-0.05, 0) is 31.2 Å². The smallest absolute Gasteiger partial charge is 0.273 e. The number of amides is 3. The molecule has 0 saturated carbocycles. The van der Waals surface area contributed by atoms with Gasteiger partial charge in [-0.3, -0.25) is 25.2 Å². The standard InChI is InChI=1S/C16H15N3O6/c1-9-11(4-5-23-9)16(22)19-18-14(20)7-17-15(21)10-2-3-12-13(6-10)25-8-24-12/h2-6H,7-8H2,1H3,(H,17,21)(H,18,20)(H,19,22). The Bertz CT molecular complexity index is 829. The van der Waals surface area contributed by atoms with E-state index in [0.29, 0.717) is 28.4 Å². The van der Waals surface area contributed by atoms with Gasteiger partial charge in [-0.1, -0.05) is 0 Å². The van der Waals surface area contributed by atoms with Gasteiger partial charge < -0.3 is 19.2 Å². The zero-order chi connectivity index (χ0) is 17.8. The normalized spacial score (nSPS) is 11.7. The fourth-order valence-electron chi connectivity index (χ4n) is 2.16. The van der Waals surface area contributed by atoms with Gasteiger partial charge in [-0.15, -0.1) is 0 Å². The molecule has 2 heterocycles. The lowest BCUT2D eigenvalue weighted by atomic mass is 10.2. The number of fused-ring (bicyclic) bond motifs is 1. The van der Waals surface area contributed by atoms with Crippen LogP contribution >= 0.6 is 0 Å². The van der Waals surface area contributed by atoms with Crippen molar-refractivity contribution < 1.29 is 28.3 Å². The summed E-state index contributed by atoms with van der Waals surface area (Å²) in [4.78, 5) is 35.5. The van der Waals surface area contributed by atoms with Gasteiger partial charge in [0.05, 0.1) is 18.4 Å². The lowest BCUT2D eigenvalue weighted by Gasteiger charge is -2.08. The molecule has 0 unspecified atom stereocenters. The first-order valence-electron chi connectivity index (χ1n) is 7.35. The fourth-order valence-corrected chi connectivity index (χ4v) is 2.16. The largest absolute Gasteiger partial charge is 0.469 e. The molecule has 9 heteroatoms. The molecule has 130 valence electrons. The van der Waals surface area contributed by atoms with Crippen molar-refractivity contribution in [3.8, 4) is 11.5 Å². The molecule has 9 nitrogen and oxygen atoms in total. The Kier molecular flexibility index (Phi) is 4.55. The monoisotopic (exact) mass is 345 g/mol. The second-order valence-corrected chi connectivity index (χ2v) is 5.14. The summed E-state index contributed by atoms with van der Waals surface area (Å²) in [5, 5.41) is 2.44. The first-order valence-corrected chi connectivity index (χ1v) is 7.35. The molecule has 3 N–H and O–H groups in total. The van der Waals surface area contributed by atoms with Gasteiger partial charge in [-0.25, -0.2) is 0 Å². The van der Waals surface area contributed by atoms with E-state index in [1.807, 2.05) is 0 Å². The maximum absolute atomic E-state index is 12.0. The zero-order valence-electron chi connectivity index (χ0n) is 13.3. The van der Waals surface area contributed by atoms with Gasteiger partial charge in [-0.2, -0.15) is 0 Å². The van der Waals surface area contributed by atoms with E-state index >= 15 is 0 Å². The van der Waals surface area contributed by atoms with E-state index in [1.54, 1.807) is 19.1 Å². The molecular weight excluding hydrogens is 330 g/mol. The highest BCUT2D eigenvalue weighted by atomic mass is 16.7. The Morgan fingerprint density at radius 2 is 1.84 bits per heavy atom. The topological polar surface area (TPSA) is 119 Å². The highest BCUT2D eigenvalue weighted by Crippen LogP contribution is 2.32. The third-order valence-corrected chi connectivity index (χ3v) is 3.46. The summed E-state index contributed by atoms with van der Waals surface area (Å²) in [5.41, 5.74) is 5.08. The molecule has 0 bridgehead atoms. The second kappa shape index (κ2) is 6.95. The Labute approximate surface area is 142 Å². The number of hydrogen-bond donors (Lipinski definition) is 3. The molecule has 0 radical (unpaired) electrons. The molecule has 25 heavy (non-hydrogen) atoms. The van der Waals surface area contributed by atoms with E-state index in [9.17, 15) is 14.4 Å². The number of aryl methyl sites for hydroxylation is 1. The van der Waals surface area contributed by atoms with Crippen LogP contribution in [-0.2, 0) is 4.79 Å². The van der Waals surface area contributed by atoms with E-state index in [2.05, 4.69) is 16.2 Å². The predicted octanol–water partition coefficient (Wildman–Crippen LogP) is 0.508. The number of hydrazine groups is 1. The van der Waals surface area contributed by atoms with Crippen LogP contribution in [0.4, 0.5) is 0 Å². The Balaban J connectivity index is 1.46. The zero-order valence-corrected chi connectivity index (χ0v) is 13.3. The quantitative estimate of drug-likeness (QED) is 0.695. The van der Waals surface area contributed by atoms with Crippen LogP contribution in [0.15, 0.2) is 34.9 Å². The first kappa shape index (κ1) is 16.4. The minimum Gasteiger partial charge on any atom is -0.469 e. The highest BCUT2D eigenvalue weighted by molar-refractivity contribution is 5.98. The maximum Gasteiger partial charge on any atom is 0.273 e. The molecule has 0 saturated heterocycles. The number of nitrogens with one attached hydrogen (secondary N) is 3. The molecule has 3 rings (SSSR count). The summed E-state index contributed by atoms with van der Waals surface area (Å²) >= 11 is 0. The molecule has 0 aliphatic carbocycles. The maximum atomic E-state index is 12.0. The minimum absolute atomic E-state index is 0.110. The fraction of sp³-hybridized carbons (Fsp3) is 0.188. The average Bonchev–Trinajstić information content (AvgIpc) is 3.25. The lowest BCUT2D eigenvalue weighted by Crippen LogP contribution is -2.46. The SMILES string of the molecule is Cc1occc1C(=O)NNC(=O)CNC(=O)c1ccc2c(c1)OCO2. The molecule has 1 aliphatic heterocycles. The Morgan fingerprint density at radius 3 is 2.60 bits per heavy atom. The van der Waals surface area contributed by atoms with Crippen LogP contribution in [0.5, 0.6) is 11.5 Å². The van der Waals surface area contributed by atoms with Crippen LogP contribution in [0.1, 0.15) is 26.5 Å². The molecule has 0 fully saturated rings. The molecular formula is C16H15N3O6. The number of rotatable bonds is 4. The van der Waals surface area contributed by atoms with E-state index in [1.165, 1.54) is 18.4 Å². The van der Waals surface area contributed by atoms with Crippen molar-refractivity contribution in [2.45, 2.75) is 6.92 Å². The van der Waals surface area contributed by atoms with Crippen LogP contribution in [0, 0.1) is 6.92 Å². The minimum atomic E-state index is -0.580. The van der Waals surface area contributed by atoms with Crippen molar-refractivity contribution in [1.82, 2.24) is 16.2 Å². The van der Waals surface area contributed by atoms with E-state index < -0.39 is 17.7 Å². The molecule has 1 aromatic heterocycles. The summed E-state index contributed by atoms with van der Waals surface area (Å²) in [6.07, 6.45) is 1.37. The Morgan fingerprint density at radius 1 is 1.04 bits per heavy atom. The van der Waals surface area contributed by atoms with Crippen molar-refractivity contribution in [3.05, 3.63) is 47.4 Å². The van der Waals surface area contributed by atoms with E-state index in [4.69, 9.17) is 13.9 Å². The van der Waals surface area contributed by atoms with Crippen LogP contribution in [0.2, 0.25) is 0 Å². The summed E-state index contributed by atoms with van der Waals surface area (Å²) < 4.78 is 15.4. The van der Waals surface area contributed by atoms with Gasteiger partial charge in [0.15, 0.2) is 11.5 Å². The molecule has 0 spiro atoms. The lowest BCUT2D eigenvalue weighted by molar-refractivity contribution is -0.120. The number of carbonyl (C=O) groups is 3. The Hall–Kier alpha value is -3.49. The van der Waals surface area contributed by atoms with Crippen LogP contribution in [0.25, 0.3) is 0 Å². The molecule has 0 atom stereocenters. The van der Waals surface area contributed by atoms with Gasteiger partial charge >= 0.3 is 0 Å². The van der Waals surface area contributed by atoms with Crippen molar-refractivity contribution in [2.24, 2.45) is 0 Å². The average molecular weight is 345 g/mol. The summed E-state index contributed by atoms with van der Waals surface area (Å²) in [5.74, 6) is -0.0787. The number of ether oxygens (including phenoxy) is 2. The summed E-state index contributed by atoms with van der Waals surface area (Å²) in [6.45, 7) is 1.43. The predicted molar refractivity (Wildman–Crippen MR) is 84.0 cm³/mol. The number of furan rings is 1. The molecule has 3 amide bonds. The van der Waals surface area contributed by atoms with Crippen LogP contribution < -0.4 is 25.6 Å². The summed E-state index contributed by atoms with van der Waals surface area (Å²) in [7, 11) is 0. The van der Waals surface area contributed by atoms with Gasteiger partial charge in [0.1, 0.15) is 5.76 Å².